The van der Waals surface area contributed by atoms with Gasteiger partial charge in [0.15, 0.2) is 0 Å². The Morgan fingerprint density at radius 1 is 1.47 bits per heavy atom. The van der Waals surface area contributed by atoms with Gasteiger partial charge in [-0.05, 0) is 35.8 Å². The third kappa shape index (κ3) is 2.10. The van der Waals surface area contributed by atoms with E-state index in [2.05, 4.69) is 18.8 Å². The molecule has 2 rings (SSSR count). The van der Waals surface area contributed by atoms with Crippen LogP contribution in [0.3, 0.4) is 0 Å². The van der Waals surface area contributed by atoms with Crippen LogP contribution < -0.4 is 0 Å². The minimum atomic E-state index is -0.299. The normalized spacial score (nSPS) is 27.5. The van der Waals surface area contributed by atoms with Crippen LogP contribution in [0.5, 0.6) is 0 Å². The molecule has 0 aromatic carbocycles. The molecule has 1 aliphatic carbocycles. The van der Waals surface area contributed by atoms with Gasteiger partial charge in [-0.15, -0.1) is 0 Å². The molecule has 1 aliphatic rings. The predicted octanol–water partition coefficient (Wildman–Crippen LogP) is 3.26. The van der Waals surface area contributed by atoms with Crippen molar-refractivity contribution < 1.29 is 5.11 Å². The van der Waals surface area contributed by atoms with Gasteiger partial charge in [-0.25, -0.2) is 0 Å². The van der Waals surface area contributed by atoms with Gasteiger partial charge >= 0.3 is 0 Å². The maximum atomic E-state index is 10.3. The van der Waals surface area contributed by atoms with Crippen molar-refractivity contribution in [2.24, 2.45) is 11.3 Å². The summed E-state index contributed by atoms with van der Waals surface area (Å²) in [4.78, 5) is 3.02. The van der Waals surface area contributed by atoms with Gasteiger partial charge in [-0.2, -0.15) is 0 Å². The van der Waals surface area contributed by atoms with Crippen molar-refractivity contribution in [1.29, 1.82) is 0 Å². The summed E-state index contributed by atoms with van der Waals surface area (Å²) >= 11 is 0. The third-order valence-corrected chi connectivity index (χ3v) is 3.93. The van der Waals surface area contributed by atoms with Crippen LogP contribution >= 0.6 is 0 Å². The van der Waals surface area contributed by atoms with Gasteiger partial charge in [0.25, 0.3) is 0 Å². The lowest BCUT2D eigenvalue weighted by molar-refractivity contribution is 0.00393. The van der Waals surface area contributed by atoms with Gasteiger partial charge in [0.2, 0.25) is 0 Å². The third-order valence-electron chi connectivity index (χ3n) is 3.93. The van der Waals surface area contributed by atoms with Gasteiger partial charge in [0.05, 0.1) is 6.10 Å². The highest BCUT2D eigenvalue weighted by Crippen LogP contribution is 2.46. The molecule has 84 valence electrons. The summed E-state index contributed by atoms with van der Waals surface area (Å²) in [5.41, 5.74) is 1.31. The Kier molecular flexibility index (Phi) is 2.87. The lowest BCUT2D eigenvalue weighted by Gasteiger charge is -2.41. The molecule has 1 fully saturated rings. The van der Waals surface area contributed by atoms with E-state index in [-0.39, 0.29) is 11.5 Å². The first-order valence-corrected chi connectivity index (χ1v) is 5.92. The summed E-state index contributed by atoms with van der Waals surface area (Å²) in [5.74, 6) is 0.405. The molecule has 0 spiro atoms. The topological polar surface area (TPSA) is 36.0 Å². The Labute approximate surface area is 91.7 Å². The first kappa shape index (κ1) is 10.7. The minimum absolute atomic E-state index is 0.273. The zero-order valence-electron chi connectivity index (χ0n) is 9.66. The summed E-state index contributed by atoms with van der Waals surface area (Å²) in [5, 5.41) is 10.3. The zero-order valence-corrected chi connectivity index (χ0v) is 9.66. The molecule has 0 aliphatic heterocycles. The monoisotopic (exact) mass is 207 g/mol. The van der Waals surface area contributed by atoms with E-state index in [9.17, 15) is 5.11 Å². The highest BCUT2D eigenvalue weighted by Gasteiger charge is 2.37. The average Bonchev–Trinajstić information content (AvgIpc) is 2.69. The fraction of sp³-hybridized carbons (Fsp3) is 0.692. The van der Waals surface area contributed by atoms with Gasteiger partial charge in [-0.1, -0.05) is 26.7 Å². The Morgan fingerprint density at radius 3 is 2.87 bits per heavy atom. The molecule has 2 N–H and O–H groups in total. The minimum Gasteiger partial charge on any atom is -0.388 e. The molecular weight excluding hydrogens is 186 g/mol. The number of hydrogen-bond acceptors (Lipinski definition) is 1. The predicted molar refractivity (Wildman–Crippen MR) is 61.5 cm³/mol. The number of H-pyrrole nitrogens is 1. The van der Waals surface area contributed by atoms with Gasteiger partial charge in [-0.3, -0.25) is 0 Å². The maximum absolute atomic E-state index is 10.3. The van der Waals surface area contributed by atoms with Gasteiger partial charge in [0.1, 0.15) is 0 Å². The fourth-order valence-corrected chi connectivity index (χ4v) is 2.86. The van der Waals surface area contributed by atoms with Crippen LogP contribution in [0.1, 0.15) is 51.2 Å². The molecule has 2 nitrogen and oxygen atoms in total. The van der Waals surface area contributed by atoms with Crippen molar-refractivity contribution in [3.63, 3.8) is 0 Å². The number of nitrogens with one attached hydrogen (secondary N) is 1. The molecule has 15 heavy (non-hydrogen) atoms. The molecular formula is C13H21NO. The standard InChI is InChI=1S/C13H21NO/c1-13(2)7-4-3-5-11(13)12(15)10-6-8-14-9-10/h6,8-9,11-12,14-15H,3-5,7H2,1-2H3. The average molecular weight is 207 g/mol. The van der Waals surface area contributed by atoms with Crippen molar-refractivity contribution in [1.82, 2.24) is 4.98 Å². The summed E-state index contributed by atoms with van der Waals surface area (Å²) in [6, 6.07) is 1.98. The zero-order chi connectivity index (χ0) is 10.9. The van der Waals surface area contributed by atoms with Crippen molar-refractivity contribution in [2.75, 3.05) is 0 Å². The lowest BCUT2D eigenvalue weighted by Crippen LogP contribution is -2.32. The lowest BCUT2D eigenvalue weighted by atomic mass is 9.66. The molecule has 1 saturated carbocycles. The number of aliphatic hydroxyl groups is 1. The first-order chi connectivity index (χ1) is 7.11. The number of hydrogen-bond donors (Lipinski definition) is 2. The quantitative estimate of drug-likeness (QED) is 0.767. The molecule has 1 aromatic heterocycles. The van der Waals surface area contributed by atoms with Crippen molar-refractivity contribution >= 4 is 0 Å². The summed E-state index contributed by atoms with van der Waals surface area (Å²) in [6.45, 7) is 4.57. The molecule has 0 bridgehead atoms. The van der Waals surface area contributed by atoms with Crippen LogP contribution in [0.2, 0.25) is 0 Å². The summed E-state index contributed by atoms with van der Waals surface area (Å²) in [6.07, 6.45) is 8.45. The highest BCUT2D eigenvalue weighted by molar-refractivity contribution is 5.14. The largest absolute Gasteiger partial charge is 0.388 e. The van der Waals surface area contributed by atoms with E-state index in [1.165, 1.54) is 19.3 Å². The number of aliphatic hydroxyl groups excluding tert-OH is 1. The van der Waals surface area contributed by atoms with E-state index in [1.54, 1.807) is 0 Å². The molecule has 0 amide bonds. The molecule has 1 aromatic rings. The van der Waals surface area contributed by atoms with Gasteiger partial charge in [0, 0.05) is 12.4 Å². The van der Waals surface area contributed by atoms with E-state index >= 15 is 0 Å². The van der Waals surface area contributed by atoms with E-state index < -0.39 is 0 Å². The number of aromatic nitrogens is 1. The Hall–Kier alpha value is -0.760. The highest BCUT2D eigenvalue weighted by atomic mass is 16.3. The van der Waals surface area contributed by atoms with Crippen LogP contribution in [0.15, 0.2) is 18.5 Å². The molecule has 0 saturated heterocycles. The van der Waals surface area contributed by atoms with E-state index in [4.69, 9.17) is 0 Å². The fourth-order valence-electron chi connectivity index (χ4n) is 2.86. The molecule has 2 heteroatoms. The Bertz CT molecular complexity index is 302. The maximum Gasteiger partial charge on any atom is 0.0837 e. The molecule has 2 atom stereocenters. The van der Waals surface area contributed by atoms with Crippen molar-refractivity contribution in [2.45, 2.75) is 45.6 Å². The second-order valence-corrected chi connectivity index (χ2v) is 5.43. The molecule has 2 unspecified atom stereocenters. The smallest absolute Gasteiger partial charge is 0.0837 e. The van der Waals surface area contributed by atoms with Crippen molar-refractivity contribution in [3.8, 4) is 0 Å². The second-order valence-electron chi connectivity index (χ2n) is 5.43. The number of aromatic amines is 1. The Morgan fingerprint density at radius 2 is 2.27 bits per heavy atom. The van der Waals surface area contributed by atoms with E-state index in [0.29, 0.717) is 5.92 Å². The SMILES string of the molecule is CC1(C)CCCCC1C(O)c1cc[nH]c1. The first-order valence-electron chi connectivity index (χ1n) is 5.92. The number of rotatable bonds is 2. The second kappa shape index (κ2) is 4.01. The van der Waals surface area contributed by atoms with Crippen molar-refractivity contribution in [3.05, 3.63) is 24.0 Å². The van der Waals surface area contributed by atoms with E-state index in [1.807, 2.05) is 18.5 Å². The molecule has 0 radical (unpaired) electrons. The van der Waals surface area contributed by atoms with Crippen LogP contribution in [-0.4, -0.2) is 10.1 Å². The Balaban J connectivity index is 2.15. The summed E-state index contributed by atoms with van der Waals surface area (Å²) in [7, 11) is 0. The van der Waals surface area contributed by atoms with Crippen LogP contribution in [0, 0.1) is 11.3 Å². The van der Waals surface area contributed by atoms with Crippen LogP contribution in [0.25, 0.3) is 0 Å². The molecule has 1 heterocycles. The van der Waals surface area contributed by atoms with Gasteiger partial charge < -0.3 is 10.1 Å². The summed E-state index contributed by atoms with van der Waals surface area (Å²) < 4.78 is 0. The van der Waals surface area contributed by atoms with E-state index in [0.717, 1.165) is 12.0 Å². The van der Waals surface area contributed by atoms with Crippen LogP contribution in [0.4, 0.5) is 0 Å². The van der Waals surface area contributed by atoms with Crippen LogP contribution in [-0.2, 0) is 0 Å².